The molecule has 1 N–H and O–H groups in total. The van der Waals surface area contributed by atoms with Crippen LogP contribution in [-0.2, 0) is 0 Å². The number of rotatable bonds is 5. The maximum absolute atomic E-state index is 9.27. The number of aromatic hydroxyl groups is 1. The summed E-state index contributed by atoms with van der Waals surface area (Å²) in [7, 11) is 0. The summed E-state index contributed by atoms with van der Waals surface area (Å²) < 4.78 is 5.86. The van der Waals surface area contributed by atoms with E-state index in [-0.39, 0.29) is 5.75 Å². The maximum Gasteiger partial charge on any atom is 0.200 e. The Labute approximate surface area is 135 Å². The molecule has 2 aromatic carbocycles. The van der Waals surface area contributed by atoms with Gasteiger partial charge < -0.3 is 14.4 Å². The van der Waals surface area contributed by atoms with Gasteiger partial charge in [0, 0.05) is 18.3 Å². The molecular weight excluding hydrogens is 288 g/mol. The Morgan fingerprint density at radius 2 is 1.74 bits per heavy atom. The van der Waals surface area contributed by atoms with Crippen LogP contribution in [0.3, 0.4) is 0 Å². The topological polar surface area (TPSA) is 49.0 Å². The largest absolute Gasteiger partial charge is 0.508 e. The number of hydrogen-bond donors (Lipinski definition) is 1. The van der Waals surface area contributed by atoms with Gasteiger partial charge in [-0.15, -0.1) is 0 Å². The molecule has 0 aliphatic rings. The molecule has 23 heavy (non-hydrogen) atoms. The van der Waals surface area contributed by atoms with Crippen molar-refractivity contribution in [2.45, 2.75) is 6.92 Å². The van der Waals surface area contributed by atoms with E-state index in [0.717, 1.165) is 23.8 Å². The van der Waals surface area contributed by atoms with Crippen LogP contribution in [0.2, 0.25) is 0 Å². The van der Waals surface area contributed by atoms with Crippen molar-refractivity contribution >= 4 is 23.5 Å². The van der Waals surface area contributed by atoms with Gasteiger partial charge in [-0.3, -0.25) is 4.99 Å². The van der Waals surface area contributed by atoms with Gasteiger partial charge in [0.2, 0.25) is 5.88 Å². The molecule has 1 aromatic heterocycles. The summed E-state index contributed by atoms with van der Waals surface area (Å²) in [6, 6.07) is 20.7. The fourth-order valence-electron chi connectivity index (χ4n) is 2.31. The predicted molar refractivity (Wildman–Crippen MR) is 93.2 cm³/mol. The molecule has 0 saturated heterocycles. The molecule has 0 spiro atoms. The number of nitrogens with zero attached hydrogens (tertiary/aromatic N) is 2. The zero-order valence-electron chi connectivity index (χ0n) is 12.9. The minimum atomic E-state index is 0.227. The fraction of sp³-hybridized carbons (Fsp3) is 0.105. The Kier molecular flexibility index (Phi) is 4.43. The molecule has 0 unspecified atom stereocenters. The van der Waals surface area contributed by atoms with E-state index >= 15 is 0 Å². The molecule has 0 radical (unpaired) electrons. The van der Waals surface area contributed by atoms with Gasteiger partial charge in [0.1, 0.15) is 11.5 Å². The van der Waals surface area contributed by atoms with Crippen molar-refractivity contribution in [1.82, 2.24) is 0 Å². The molecule has 0 fully saturated rings. The molecular formula is C19H18N2O2. The van der Waals surface area contributed by atoms with Crippen molar-refractivity contribution in [3.63, 3.8) is 0 Å². The summed E-state index contributed by atoms with van der Waals surface area (Å²) in [5, 5.41) is 9.27. The molecule has 4 nitrogen and oxygen atoms in total. The van der Waals surface area contributed by atoms with Gasteiger partial charge in [-0.25, -0.2) is 0 Å². The lowest BCUT2D eigenvalue weighted by atomic mass is 10.3. The van der Waals surface area contributed by atoms with E-state index in [1.165, 1.54) is 0 Å². The Balaban J connectivity index is 1.78. The average molecular weight is 306 g/mol. The molecule has 0 amide bonds. The highest BCUT2D eigenvalue weighted by Crippen LogP contribution is 2.26. The van der Waals surface area contributed by atoms with Gasteiger partial charge in [-0.2, -0.15) is 0 Å². The van der Waals surface area contributed by atoms with Gasteiger partial charge in [0.15, 0.2) is 0 Å². The first-order valence-corrected chi connectivity index (χ1v) is 7.52. The van der Waals surface area contributed by atoms with Crippen LogP contribution in [0.15, 0.2) is 76.1 Å². The summed E-state index contributed by atoms with van der Waals surface area (Å²) in [6.45, 7) is 2.89. The summed E-state index contributed by atoms with van der Waals surface area (Å²) in [6.07, 6.45) is 1.68. The number of aliphatic imine (C=N–C) groups is 1. The van der Waals surface area contributed by atoms with Crippen LogP contribution >= 0.6 is 0 Å². The normalized spacial score (nSPS) is 11.0. The number of para-hydroxylation sites is 1. The molecule has 0 bridgehead atoms. The van der Waals surface area contributed by atoms with Crippen LogP contribution in [0, 0.1) is 0 Å². The standard InChI is InChI=1S/C19H18N2O2/c1-2-21(16-6-4-3-5-7-16)19-13-12-18(23-19)14-20-15-8-10-17(22)11-9-15/h3-14,22H,2H2,1H3. The van der Waals surface area contributed by atoms with Crippen LogP contribution in [0.25, 0.3) is 0 Å². The first kappa shape index (κ1) is 14.9. The first-order chi connectivity index (χ1) is 11.3. The van der Waals surface area contributed by atoms with Gasteiger partial charge in [0.25, 0.3) is 0 Å². The summed E-state index contributed by atoms with van der Waals surface area (Å²) in [4.78, 5) is 6.44. The molecule has 3 rings (SSSR count). The number of benzene rings is 2. The molecule has 1 heterocycles. The van der Waals surface area contributed by atoms with E-state index in [0.29, 0.717) is 5.76 Å². The second-order valence-corrected chi connectivity index (χ2v) is 5.03. The molecule has 0 saturated carbocycles. The number of anilines is 2. The van der Waals surface area contributed by atoms with Gasteiger partial charge >= 0.3 is 0 Å². The third-order valence-electron chi connectivity index (χ3n) is 3.45. The smallest absolute Gasteiger partial charge is 0.200 e. The van der Waals surface area contributed by atoms with Crippen molar-refractivity contribution < 1.29 is 9.52 Å². The van der Waals surface area contributed by atoms with Crippen molar-refractivity contribution in [2.75, 3.05) is 11.4 Å². The lowest BCUT2D eigenvalue weighted by Gasteiger charge is -2.19. The molecule has 0 aliphatic heterocycles. The van der Waals surface area contributed by atoms with Crippen molar-refractivity contribution in [2.24, 2.45) is 4.99 Å². The van der Waals surface area contributed by atoms with Crippen LogP contribution in [0.5, 0.6) is 5.75 Å². The molecule has 0 aliphatic carbocycles. The molecule has 4 heteroatoms. The van der Waals surface area contributed by atoms with Crippen LogP contribution in [0.1, 0.15) is 12.7 Å². The number of phenolic OH excluding ortho intramolecular Hbond substituents is 1. The highest BCUT2D eigenvalue weighted by atomic mass is 16.4. The van der Waals surface area contributed by atoms with E-state index in [4.69, 9.17) is 4.42 Å². The van der Waals surface area contributed by atoms with Gasteiger partial charge in [0.05, 0.1) is 11.9 Å². The Bertz CT molecular complexity index is 777. The van der Waals surface area contributed by atoms with Crippen LogP contribution in [0.4, 0.5) is 17.3 Å². The van der Waals surface area contributed by atoms with E-state index in [1.807, 2.05) is 30.3 Å². The average Bonchev–Trinajstić information content (AvgIpc) is 3.05. The summed E-state index contributed by atoms with van der Waals surface area (Å²) in [5.41, 5.74) is 1.85. The number of phenols is 1. The van der Waals surface area contributed by atoms with Crippen LogP contribution < -0.4 is 4.90 Å². The number of hydrogen-bond acceptors (Lipinski definition) is 4. The molecule has 3 aromatic rings. The lowest BCUT2D eigenvalue weighted by Crippen LogP contribution is -2.14. The summed E-state index contributed by atoms with van der Waals surface area (Å²) >= 11 is 0. The lowest BCUT2D eigenvalue weighted by molar-refractivity contribution is 0.475. The molecule has 0 atom stereocenters. The van der Waals surface area contributed by atoms with Crippen molar-refractivity contribution in [3.05, 3.63) is 72.5 Å². The monoisotopic (exact) mass is 306 g/mol. The predicted octanol–water partition coefficient (Wildman–Crippen LogP) is 4.89. The quantitative estimate of drug-likeness (QED) is 0.682. The zero-order chi connectivity index (χ0) is 16.1. The second-order valence-electron chi connectivity index (χ2n) is 5.03. The van der Waals surface area contributed by atoms with E-state index in [1.54, 1.807) is 30.5 Å². The minimum absolute atomic E-state index is 0.227. The summed E-state index contributed by atoms with van der Waals surface area (Å²) in [5.74, 6) is 1.69. The second kappa shape index (κ2) is 6.83. The van der Waals surface area contributed by atoms with Gasteiger partial charge in [-0.05, 0) is 49.4 Å². The van der Waals surface area contributed by atoms with Crippen molar-refractivity contribution in [3.8, 4) is 5.75 Å². The maximum atomic E-state index is 9.27. The van der Waals surface area contributed by atoms with E-state index < -0.39 is 0 Å². The zero-order valence-corrected chi connectivity index (χ0v) is 12.9. The minimum Gasteiger partial charge on any atom is -0.508 e. The Hall–Kier alpha value is -3.01. The first-order valence-electron chi connectivity index (χ1n) is 7.52. The third-order valence-corrected chi connectivity index (χ3v) is 3.45. The third kappa shape index (κ3) is 3.61. The van der Waals surface area contributed by atoms with E-state index in [9.17, 15) is 5.11 Å². The Morgan fingerprint density at radius 1 is 1.00 bits per heavy atom. The Morgan fingerprint density at radius 3 is 2.43 bits per heavy atom. The highest BCUT2D eigenvalue weighted by molar-refractivity contribution is 5.79. The van der Waals surface area contributed by atoms with Crippen molar-refractivity contribution in [1.29, 1.82) is 0 Å². The number of furan rings is 1. The van der Waals surface area contributed by atoms with E-state index in [2.05, 4.69) is 28.9 Å². The fourth-order valence-corrected chi connectivity index (χ4v) is 2.31. The highest BCUT2D eigenvalue weighted by Gasteiger charge is 2.10. The van der Waals surface area contributed by atoms with Crippen LogP contribution in [-0.4, -0.2) is 17.9 Å². The van der Waals surface area contributed by atoms with Gasteiger partial charge in [-0.1, -0.05) is 18.2 Å². The molecule has 116 valence electrons. The SMILES string of the molecule is CCN(c1ccccc1)c1ccc(C=Nc2ccc(O)cc2)o1.